The second kappa shape index (κ2) is 8.82. The molecule has 1 amide bonds. The maximum atomic E-state index is 13.0. The third kappa shape index (κ3) is 4.06. The minimum absolute atomic E-state index is 0.0522. The van der Waals surface area contributed by atoms with Gasteiger partial charge in [0.25, 0.3) is 5.91 Å². The van der Waals surface area contributed by atoms with Gasteiger partial charge in [0, 0.05) is 48.7 Å². The molecule has 2 aromatic heterocycles. The Labute approximate surface area is 176 Å². The Balaban J connectivity index is 1.77. The highest BCUT2D eigenvalue weighted by molar-refractivity contribution is 6.03. The molecule has 0 saturated carbocycles. The van der Waals surface area contributed by atoms with Gasteiger partial charge >= 0.3 is 0 Å². The van der Waals surface area contributed by atoms with Gasteiger partial charge in [-0.1, -0.05) is 30.3 Å². The summed E-state index contributed by atoms with van der Waals surface area (Å²) in [5.74, 6) is 0.0522. The number of hydrogen-bond donors (Lipinski definition) is 2. The van der Waals surface area contributed by atoms with Crippen LogP contribution >= 0.6 is 0 Å². The van der Waals surface area contributed by atoms with E-state index in [4.69, 9.17) is 0 Å². The van der Waals surface area contributed by atoms with Crippen LogP contribution in [0.4, 0.5) is 5.69 Å². The van der Waals surface area contributed by atoms with E-state index >= 15 is 0 Å². The van der Waals surface area contributed by atoms with Crippen molar-refractivity contribution in [2.24, 2.45) is 0 Å². The SMILES string of the molecule is CCN(CC)C(=O)c1cc(NCc2ccncc2)c2[nH]c(-c3ccccc3)cc2c1. The summed E-state index contributed by atoms with van der Waals surface area (Å²) in [6, 6.07) is 20.2. The van der Waals surface area contributed by atoms with Gasteiger partial charge in [0.2, 0.25) is 0 Å². The van der Waals surface area contributed by atoms with Crippen molar-refractivity contribution in [1.82, 2.24) is 14.9 Å². The first-order valence-electron chi connectivity index (χ1n) is 10.3. The van der Waals surface area contributed by atoms with Crippen LogP contribution in [0, 0.1) is 0 Å². The summed E-state index contributed by atoms with van der Waals surface area (Å²) in [6.45, 7) is 6.05. The Morgan fingerprint density at radius 2 is 1.73 bits per heavy atom. The van der Waals surface area contributed by atoms with Gasteiger partial charge in [-0.3, -0.25) is 9.78 Å². The van der Waals surface area contributed by atoms with Crippen molar-refractivity contribution in [2.75, 3.05) is 18.4 Å². The lowest BCUT2D eigenvalue weighted by Crippen LogP contribution is -2.30. The van der Waals surface area contributed by atoms with Crippen molar-refractivity contribution in [3.63, 3.8) is 0 Å². The summed E-state index contributed by atoms with van der Waals surface area (Å²) in [4.78, 5) is 22.5. The summed E-state index contributed by atoms with van der Waals surface area (Å²) < 4.78 is 0. The van der Waals surface area contributed by atoms with E-state index < -0.39 is 0 Å². The average molecular weight is 399 g/mol. The zero-order chi connectivity index (χ0) is 20.9. The summed E-state index contributed by atoms with van der Waals surface area (Å²) >= 11 is 0. The van der Waals surface area contributed by atoms with Gasteiger partial charge in [0.15, 0.2) is 0 Å². The molecular formula is C25H26N4O. The van der Waals surface area contributed by atoms with E-state index in [1.807, 2.05) is 61.2 Å². The van der Waals surface area contributed by atoms with Crippen LogP contribution in [0.3, 0.4) is 0 Å². The summed E-state index contributed by atoms with van der Waals surface area (Å²) in [7, 11) is 0. The van der Waals surface area contributed by atoms with Crippen LogP contribution in [0.1, 0.15) is 29.8 Å². The van der Waals surface area contributed by atoms with E-state index in [1.54, 1.807) is 12.4 Å². The third-order valence-electron chi connectivity index (χ3n) is 5.34. The Hall–Kier alpha value is -3.60. The number of benzene rings is 2. The lowest BCUT2D eigenvalue weighted by atomic mass is 10.1. The molecule has 0 aliphatic heterocycles. The fraction of sp³-hybridized carbons (Fsp3) is 0.200. The van der Waals surface area contributed by atoms with Crippen LogP contribution in [0.25, 0.3) is 22.2 Å². The largest absolute Gasteiger partial charge is 0.379 e. The van der Waals surface area contributed by atoms with Crippen molar-refractivity contribution in [1.29, 1.82) is 0 Å². The van der Waals surface area contributed by atoms with E-state index in [9.17, 15) is 4.79 Å². The lowest BCUT2D eigenvalue weighted by molar-refractivity contribution is 0.0773. The molecular weight excluding hydrogens is 372 g/mol. The van der Waals surface area contributed by atoms with Gasteiger partial charge < -0.3 is 15.2 Å². The normalized spacial score (nSPS) is 10.9. The summed E-state index contributed by atoms with van der Waals surface area (Å²) in [5.41, 5.74) is 5.90. The summed E-state index contributed by atoms with van der Waals surface area (Å²) in [5, 5.41) is 4.53. The number of nitrogens with zero attached hydrogens (tertiary/aromatic N) is 2. The fourth-order valence-electron chi connectivity index (χ4n) is 3.67. The highest BCUT2D eigenvalue weighted by Crippen LogP contribution is 2.31. The second-order valence-electron chi connectivity index (χ2n) is 7.22. The van der Waals surface area contributed by atoms with Crippen LogP contribution in [-0.4, -0.2) is 33.9 Å². The first-order chi connectivity index (χ1) is 14.7. The highest BCUT2D eigenvalue weighted by atomic mass is 16.2. The van der Waals surface area contributed by atoms with Gasteiger partial charge in [-0.15, -0.1) is 0 Å². The third-order valence-corrected chi connectivity index (χ3v) is 5.34. The smallest absolute Gasteiger partial charge is 0.253 e. The number of carbonyl (C=O) groups excluding carboxylic acids is 1. The number of rotatable bonds is 7. The van der Waals surface area contributed by atoms with Gasteiger partial charge in [0.1, 0.15) is 0 Å². The maximum Gasteiger partial charge on any atom is 0.253 e. The molecule has 2 heterocycles. The average Bonchev–Trinajstić information content (AvgIpc) is 3.24. The van der Waals surface area contributed by atoms with Crippen molar-refractivity contribution in [3.8, 4) is 11.3 Å². The van der Waals surface area contributed by atoms with Crippen molar-refractivity contribution in [3.05, 3.63) is 84.2 Å². The molecule has 0 spiro atoms. The zero-order valence-corrected chi connectivity index (χ0v) is 17.4. The number of pyridine rings is 1. The van der Waals surface area contributed by atoms with Crippen LogP contribution in [0.2, 0.25) is 0 Å². The minimum Gasteiger partial charge on any atom is -0.379 e. The van der Waals surface area contributed by atoms with Crippen LogP contribution in [0.5, 0.6) is 0 Å². The number of carbonyl (C=O) groups is 1. The minimum atomic E-state index is 0.0522. The van der Waals surface area contributed by atoms with E-state index in [-0.39, 0.29) is 5.91 Å². The fourth-order valence-corrected chi connectivity index (χ4v) is 3.67. The molecule has 0 bridgehead atoms. The number of fused-ring (bicyclic) bond motifs is 1. The topological polar surface area (TPSA) is 61.0 Å². The Morgan fingerprint density at radius 1 is 1.00 bits per heavy atom. The van der Waals surface area contributed by atoms with Crippen LogP contribution in [-0.2, 0) is 6.54 Å². The number of aromatic nitrogens is 2. The number of H-pyrrole nitrogens is 1. The molecule has 0 aliphatic rings. The van der Waals surface area contributed by atoms with Crippen LogP contribution in [0.15, 0.2) is 73.1 Å². The number of aromatic amines is 1. The van der Waals surface area contributed by atoms with Gasteiger partial charge in [-0.2, -0.15) is 0 Å². The lowest BCUT2D eigenvalue weighted by Gasteiger charge is -2.19. The van der Waals surface area contributed by atoms with Crippen molar-refractivity contribution < 1.29 is 4.79 Å². The predicted molar refractivity (Wildman–Crippen MR) is 123 cm³/mol. The number of hydrogen-bond acceptors (Lipinski definition) is 3. The molecule has 0 saturated heterocycles. The Bertz CT molecular complexity index is 1130. The van der Waals surface area contributed by atoms with Crippen molar-refractivity contribution in [2.45, 2.75) is 20.4 Å². The first kappa shape index (κ1) is 19.7. The first-order valence-corrected chi connectivity index (χ1v) is 10.3. The predicted octanol–water partition coefficient (Wildman–Crippen LogP) is 5.32. The van der Waals surface area contributed by atoms with E-state index in [1.165, 1.54) is 0 Å². The van der Waals surface area contributed by atoms with Crippen LogP contribution < -0.4 is 5.32 Å². The molecule has 2 aromatic carbocycles. The number of anilines is 1. The van der Waals surface area contributed by atoms with Gasteiger partial charge in [-0.25, -0.2) is 0 Å². The second-order valence-corrected chi connectivity index (χ2v) is 7.22. The van der Waals surface area contributed by atoms with E-state index in [2.05, 4.69) is 33.5 Å². The zero-order valence-electron chi connectivity index (χ0n) is 17.4. The Morgan fingerprint density at radius 3 is 2.43 bits per heavy atom. The number of nitrogens with one attached hydrogen (secondary N) is 2. The molecule has 4 aromatic rings. The Kier molecular flexibility index (Phi) is 5.80. The van der Waals surface area contributed by atoms with Gasteiger partial charge in [0.05, 0.1) is 11.2 Å². The monoisotopic (exact) mass is 398 g/mol. The van der Waals surface area contributed by atoms with Gasteiger partial charge in [-0.05, 0) is 55.3 Å². The molecule has 5 nitrogen and oxygen atoms in total. The molecule has 2 N–H and O–H groups in total. The van der Waals surface area contributed by atoms with E-state index in [0.717, 1.165) is 33.4 Å². The quantitative estimate of drug-likeness (QED) is 0.443. The van der Waals surface area contributed by atoms with E-state index in [0.29, 0.717) is 25.2 Å². The maximum absolute atomic E-state index is 13.0. The molecule has 0 fully saturated rings. The summed E-state index contributed by atoms with van der Waals surface area (Å²) in [6.07, 6.45) is 3.57. The number of amides is 1. The standard InChI is InChI=1S/C25H26N4O/c1-3-29(4-2)25(30)21-14-20-15-22(19-8-6-5-7-9-19)28-24(20)23(16-21)27-17-18-10-12-26-13-11-18/h5-16,27-28H,3-4,17H2,1-2H3. The van der Waals surface area contributed by atoms with Crippen molar-refractivity contribution >= 4 is 22.5 Å². The molecule has 0 atom stereocenters. The highest BCUT2D eigenvalue weighted by Gasteiger charge is 2.17. The molecule has 0 radical (unpaired) electrons. The molecule has 152 valence electrons. The molecule has 0 unspecified atom stereocenters. The molecule has 30 heavy (non-hydrogen) atoms. The molecule has 0 aliphatic carbocycles. The molecule has 5 heteroatoms. The molecule has 4 rings (SSSR count).